The Hall–Kier alpha value is -1.93. The van der Waals surface area contributed by atoms with E-state index in [9.17, 15) is 4.79 Å². The molecule has 0 saturated heterocycles. The third kappa shape index (κ3) is 14.5. The van der Waals surface area contributed by atoms with Crippen LogP contribution in [0.4, 0.5) is 0 Å². The molecule has 0 aromatic heterocycles. The number of allylic oxidation sites excluding steroid dienone is 3. The molecule has 1 unspecified atom stereocenters. The molecule has 0 spiro atoms. The van der Waals surface area contributed by atoms with Gasteiger partial charge in [-0.25, -0.2) is 0 Å². The van der Waals surface area contributed by atoms with Crippen molar-refractivity contribution >= 4 is 5.91 Å². The fourth-order valence-electron chi connectivity index (χ4n) is 1.73. The molecule has 0 bridgehead atoms. The van der Waals surface area contributed by atoms with Gasteiger partial charge in [0.2, 0.25) is 5.91 Å². The Kier molecular flexibility index (Phi) is 14.1. The van der Waals surface area contributed by atoms with Gasteiger partial charge in [0.05, 0.1) is 0 Å². The van der Waals surface area contributed by atoms with Gasteiger partial charge in [-0.15, -0.1) is 6.42 Å². The number of carbonyl (C=O) groups excluding carboxylic acids is 1. The zero-order chi connectivity index (χ0) is 16.5. The van der Waals surface area contributed by atoms with Gasteiger partial charge in [-0.05, 0) is 49.5 Å². The number of nitrogens with one attached hydrogen (secondary N) is 1. The Balaban J connectivity index is 3.47. The Morgan fingerprint density at radius 2 is 1.91 bits per heavy atom. The maximum absolute atomic E-state index is 11.5. The van der Waals surface area contributed by atoms with Gasteiger partial charge in [-0.1, -0.05) is 50.8 Å². The Labute approximate surface area is 136 Å². The number of hydrogen-bond donors (Lipinski definition) is 1. The molecule has 0 radical (unpaired) electrons. The van der Waals surface area contributed by atoms with E-state index in [1.165, 1.54) is 12.8 Å². The van der Waals surface area contributed by atoms with Crippen molar-refractivity contribution in [2.75, 3.05) is 6.54 Å². The summed E-state index contributed by atoms with van der Waals surface area (Å²) in [7, 11) is 0. The fourth-order valence-corrected chi connectivity index (χ4v) is 1.73. The summed E-state index contributed by atoms with van der Waals surface area (Å²) >= 11 is 0. The van der Waals surface area contributed by atoms with E-state index in [2.05, 4.69) is 49.1 Å². The molecule has 0 rings (SSSR count). The fraction of sp³-hybridized carbons (Fsp3) is 0.550. The molecule has 120 valence electrons. The number of unbranched alkanes of at least 4 members (excludes halogenated alkanes) is 4. The van der Waals surface area contributed by atoms with E-state index in [1.807, 2.05) is 6.08 Å². The summed E-state index contributed by atoms with van der Waals surface area (Å²) in [5.74, 6) is 8.31. The van der Waals surface area contributed by atoms with Gasteiger partial charge in [0.1, 0.15) is 0 Å². The number of rotatable bonds is 11. The summed E-state index contributed by atoms with van der Waals surface area (Å²) in [5.41, 5.74) is 0. The van der Waals surface area contributed by atoms with Crippen molar-refractivity contribution in [1.82, 2.24) is 5.32 Å². The smallest absolute Gasteiger partial charge is 0.243 e. The van der Waals surface area contributed by atoms with E-state index in [0.29, 0.717) is 5.92 Å². The van der Waals surface area contributed by atoms with Crippen molar-refractivity contribution in [2.45, 2.75) is 58.8 Å². The maximum Gasteiger partial charge on any atom is 0.243 e. The van der Waals surface area contributed by atoms with E-state index in [4.69, 9.17) is 6.42 Å². The van der Waals surface area contributed by atoms with Gasteiger partial charge in [-0.2, -0.15) is 0 Å². The van der Waals surface area contributed by atoms with Crippen LogP contribution in [0.15, 0.2) is 24.3 Å². The summed E-state index contributed by atoms with van der Waals surface area (Å²) in [5, 5.41) is 2.91. The zero-order valence-corrected chi connectivity index (χ0v) is 14.0. The first-order valence-corrected chi connectivity index (χ1v) is 8.23. The number of hydrogen-bond acceptors (Lipinski definition) is 1. The molecule has 0 heterocycles. The third-order valence-corrected chi connectivity index (χ3v) is 3.38. The lowest BCUT2D eigenvalue weighted by molar-refractivity contribution is -0.116. The standard InChI is InChI=1S/C20H29NO/c1-4-6-7-8-9-10-11-12-13-14-15-16-17-20(22)21-18-19(3)5-2/h1,9-10,16-17,19H,5,8,11-15,18H2,2-3H3,(H,21,22). The van der Waals surface area contributed by atoms with Crippen LogP contribution in [0.25, 0.3) is 0 Å². The molecule has 0 saturated carbocycles. The quantitative estimate of drug-likeness (QED) is 0.263. The largest absolute Gasteiger partial charge is 0.352 e. The summed E-state index contributed by atoms with van der Waals surface area (Å²) in [6.45, 7) is 5.03. The SMILES string of the molecule is C#CC#CCC=CCCCCCC=CC(=O)NCC(C)CC. The molecule has 1 amide bonds. The number of amides is 1. The number of carbonyl (C=O) groups is 1. The van der Waals surface area contributed by atoms with Gasteiger partial charge < -0.3 is 5.32 Å². The van der Waals surface area contributed by atoms with Crippen LogP contribution in [0.3, 0.4) is 0 Å². The van der Waals surface area contributed by atoms with Crippen molar-refractivity contribution in [3.05, 3.63) is 24.3 Å². The minimum absolute atomic E-state index is 0.0244. The summed E-state index contributed by atoms with van der Waals surface area (Å²) in [6, 6.07) is 0. The topological polar surface area (TPSA) is 29.1 Å². The van der Waals surface area contributed by atoms with E-state index < -0.39 is 0 Å². The molecule has 0 aliphatic carbocycles. The van der Waals surface area contributed by atoms with Crippen LogP contribution in [0, 0.1) is 30.1 Å². The van der Waals surface area contributed by atoms with Crippen molar-refractivity contribution in [1.29, 1.82) is 0 Å². The normalized spacial score (nSPS) is 11.9. The molecule has 0 aromatic carbocycles. The second-order valence-corrected chi connectivity index (χ2v) is 5.42. The maximum atomic E-state index is 11.5. The second-order valence-electron chi connectivity index (χ2n) is 5.42. The lowest BCUT2D eigenvalue weighted by Crippen LogP contribution is -2.26. The highest BCUT2D eigenvalue weighted by atomic mass is 16.1. The molecule has 22 heavy (non-hydrogen) atoms. The Bertz CT molecular complexity index is 443. The molecule has 0 aliphatic rings. The molecule has 0 aromatic rings. The minimum Gasteiger partial charge on any atom is -0.352 e. The van der Waals surface area contributed by atoms with E-state index in [0.717, 1.165) is 38.6 Å². The van der Waals surface area contributed by atoms with Crippen LogP contribution >= 0.6 is 0 Å². The molecule has 0 aliphatic heterocycles. The molecule has 2 nitrogen and oxygen atoms in total. The van der Waals surface area contributed by atoms with Gasteiger partial charge in [0.15, 0.2) is 0 Å². The highest BCUT2D eigenvalue weighted by Gasteiger charge is 1.99. The average Bonchev–Trinajstić information content (AvgIpc) is 2.53. The van der Waals surface area contributed by atoms with Gasteiger partial charge in [0, 0.05) is 13.0 Å². The third-order valence-electron chi connectivity index (χ3n) is 3.38. The van der Waals surface area contributed by atoms with Gasteiger partial charge in [0.25, 0.3) is 0 Å². The first-order valence-electron chi connectivity index (χ1n) is 8.23. The summed E-state index contributed by atoms with van der Waals surface area (Å²) in [6.07, 6.45) is 20.2. The van der Waals surface area contributed by atoms with Crippen LogP contribution in [0.5, 0.6) is 0 Å². The predicted molar refractivity (Wildman–Crippen MR) is 95.1 cm³/mol. The molecule has 1 N–H and O–H groups in total. The second kappa shape index (κ2) is 15.5. The monoisotopic (exact) mass is 299 g/mol. The first kappa shape index (κ1) is 20.1. The Morgan fingerprint density at radius 3 is 2.59 bits per heavy atom. The molecular weight excluding hydrogens is 270 g/mol. The van der Waals surface area contributed by atoms with Crippen LogP contribution in [-0.4, -0.2) is 12.5 Å². The lowest BCUT2D eigenvalue weighted by Gasteiger charge is -2.07. The Morgan fingerprint density at radius 1 is 1.18 bits per heavy atom. The first-order chi connectivity index (χ1) is 10.7. The average molecular weight is 299 g/mol. The van der Waals surface area contributed by atoms with E-state index in [1.54, 1.807) is 6.08 Å². The highest BCUT2D eigenvalue weighted by Crippen LogP contribution is 2.04. The summed E-state index contributed by atoms with van der Waals surface area (Å²) in [4.78, 5) is 11.5. The van der Waals surface area contributed by atoms with E-state index >= 15 is 0 Å². The van der Waals surface area contributed by atoms with Crippen LogP contribution in [-0.2, 0) is 4.79 Å². The van der Waals surface area contributed by atoms with Crippen molar-refractivity contribution < 1.29 is 4.79 Å². The lowest BCUT2D eigenvalue weighted by atomic mass is 10.1. The zero-order valence-electron chi connectivity index (χ0n) is 14.0. The van der Waals surface area contributed by atoms with Crippen molar-refractivity contribution in [3.8, 4) is 24.2 Å². The van der Waals surface area contributed by atoms with Crippen LogP contribution in [0.2, 0.25) is 0 Å². The summed E-state index contributed by atoms with van der Waals surface area (Å²) < 4.78 is 0. The molecular formula is C20H29NO. The van der Waals surface area contributed by atoms with Crippen LogP contribution in [0.1, 0.15) is 58.8 Å². The van der Waals surface area contributed by atoms with Gasteiger partial charge >= 0.3 is 0 Å². The predicted octanol–water partition coefficient (Wildman–Crippen LogP) is 4.24. The molecule has 2 heteroatoms. The molecule has 1 atom stereocenters. The van der Waals surface area contributed by atoms with Crippen LogP contribution < -0.4 is 5.32 Å². The van der Waals surface area contributed by atoms with Crippen molar-refractivity contribution in [3.63, 3.8) is 0 Å². The van der Waals surface area contributed by atoms with E-state index in [-0.39, 0.29) is 5.91 Å². The minimum atomic E-state index is 0.0244. The van der Waals surface area contributed by atoms with Crippen molar-refractivity contribution in [2.24, 2.45) is 5.92 Å². The highest BCUT2D eigenvalue weighted by molar-refractivity contribution is 5.87. The molecule has 0 fully saturated rings. The number of terminal acetylenes is 1. The van der Waals surface area contributed by atoms with Gasteiger partial charge in [-0.3, -0.25) is 4.79 Å².